The van der Waals surface area contributed by atoms with Crippen molar-refractivity contribution in [2.45, 2.75) is 12.6 Å². The zero-order valence-corrected chi connectivity index (χ0v) is 14.1. The summed E-state index contributed by atoms with van der Waals surface area (Å²) in [7, 11) is 1.64. The molecule has 0 fully saturated rings. The first-order chi connectivity index (χ1) is 12.6. The first-order valence-corrected chi connectivity index (χ1v) is 8.23. The molecule has 26 heavy (non-hydrogen) atoms. The van der Waals surface area contributed by atoms with Crippen LogP contribution in [-0.2, 0) is 11.3 Å². The van der Waals surface area contributed by atoms with Gasteiger partial charge in [-0.25, -0.2) is 4.98 Å². The number of amides is 1. The van der Waals surface area contributed by atoms with Crippen LogP contribution < -0.4 is 15.0 Å². The van der Waals surface area contributed by atoms with Crippen LogP contribution in [0.25, 0.3) is 10.9 Å². The molecule has 2 aromatic carbocycles. The van der Waals surface area contributed by atoms with Crippen LogP contribution in [0.1, 0.15) is 5.82 Å². The zero-order chi connectivity index (χ0) is 18.1. The molecule has 0 bridgehead atoms. The fourth-order valence-electron chi connectivity index (χ4n) is 2.90. The van der Waals surface area contributed by atoms with Gasteiger partial charge in [0.05, 0.1) is 17.4 Å². The molecule has 2 heterocycles. The third-order valence-electron chi connectivity index (χ3n) is 4.21. The van der Waals surface area contributed by atoms with E-state index in [1.54, 1.807) is 37.4 Å². The molecule has 1 aliphatic rings. The van der Waals surface area contributed by atoms with E-state index in [9.17, 15) is 9.59 Å². The predicted molar refractivity (Wildman–Crippen MR) is 95.2 cm³/mol. The molecule has 1 N–H and O–H groups in total. The number of nitrogens with one attached hydrogen (secondary N) is 1. The van der Waals surface area contributed by atoms with E-state index in [2.05, 4.69) is 9.97 Å². The maximum absolute atomic E-state index is 12.7. The number of aromatic nitrogens is 2. The van der Waals surface area contributed by atoms with E-state index >= 15 is 0 Å². The van der Waals surface area contributed by atoms with Gasteiger partial charge in [0.2, 0.25) is 6.10 Å². The third kappa shape index (κ3) is 2.99. The van der Waals surface area contributed by atoms with Gasteiger partial charge in [-0.2, -0.15) is 0 Å². The topological polar surface area (TPSA) is 84.5 Å². The van der Waals surface area contributed by atoms with Crippen molar-refractivity contribution in [1.29, 1.82) is 0 Å². The highest BCUT2D eigenvalue weighted by Crippen LogP contribution is 2.31. The molecule has 3 aromatic rings. The van der Waals surface area contributed by atoms with Crippen molar-refractivity contribution in [3.8, 4) is 11.5 Å². The number of benzene rings is 2. The lowest BCUT2D eigenvalue weighted by molar-refractivity contribution is -0.140. The summed E-state index contributed by atoms with van der Waals surface area (Å²) in [5.41, 5.74) is 0.371. The lowest BCUT2D eigenvalue weighted by Gasteiger charge is -2.28. The molecule has 1 amide bonds. The molecule has 132 valence electrons. The van der Waals surface area contributed by atoms with Crippen LogP contribution in [0.2, 0.25) is 0 Å². The number of carbonyl (C=O) groups excluding carboxylic acids is 1. The molecule has 0 saturated heterocycles. The van der Waals surface area contributed by atoms with Gasteiger partial charge in [-0.1, -0.05) is 24.3 Å². The number of para-hydroxylation sites is 3. The minimum atomic E-state index is -0.734. The molecule has 7 nitrogen and oxygen atoms in total. The zero-order valence-electron chi connectivity index (χ0n) is 14.1. The molecule has 0 aliphatic carbocycles. The maximum atomic E-state index is 12.7. The standard InChI is InChI=1S/C19H17N3O4/c1-22(10-17-20-13-7-3-2-6-12(13)18(23)21-17)19(24)16-11-25-14-8-4-5-9-15(14)26-16/h2-9,16H,10-11H2,1H3,(H,20,21,23)/t16-/m1/s1. The second-order valence-electron chi connectivity index (χ2n) is 6.09. The van der Waals surface area contributed by atoms with Crippen LogP contribution in [0.4, 0.5) is 0 Å². The molecule has 0 radical (unpaired) electrons. The Morgan fingerprint density at radius 2 is 1.92 bits per heavy atom. The minimum Gasteiger partial charge on any atom is -0.485 e. The third-order valence-corrected chi connectivity index (χ3v) is 4.21. The number of hydrogen-bond donors (Lipinski definition) is 1. The first kappa shape index (κ1) is 16.1. The Balaban J connectivity index is 1.51. The van der Waals surface area contributed by atoms with E-state index in [1.165, 1.54) is 4.90 Å². The Kier molecular flexibility index (Phi) is 4.04. The summed E-state index contributed by atoms with van der Waals surface area (Å²) in [6.07, 6.45) is -0.734. The summed E-state index contributed by atoms with van der Waals surface area (Å²) in [5, 5.41) is 0.519. The van der Waals surface area contributed by atoms with Gasteiger partial charge in [-0.15, -0.1) is 0 Å². The number of rotatable bonds is 3. The van der Waals surface area contributed by atoms with Crippen molar-refractivity contribution in [3.05, 3.63) is 64.7 Å². The predicted octanol–water partition coefficient (Wildman–Crippen LogP) is 1.72. The number of carbonyl (C=O) groups is 1. The Hall–Kier alpha value is -3.35. The summed E-state index contributed by atoms with van der Waals surface area (Å²) in [6, 6.07) is 14.3. The molecule has 1 atom stereocenters. The number of fused-ring (bicyclic) bond motifs is 2. The van der Waals surface area contributed by atoms with Crippen LogP contribution in [-0.4, -0.2) is 40.5 Å². The number of ether oxygens (including phenoxy) is 2. The summed E-state index contributed by atoms with van der Waals surface area (Å²) in [6.45, 7) is 0.308. The number of nitrogens with zero attached hydrogens (tertiary/aromatic N) is 2. The molecular formula is C19H17N3O4. The van der Waals surface area contributed by atoms with Gasteiger partial charge < -0.3 is 19.4 Å². The molecule has 0 spiro atoms. The molecule has 0 unspecified atom stereocenters. The normalized spacial score (nSPS) is 15.7. The Bertz CT molecular complexity index is 1030. The lowest BCUT2D eigenvalue weighted by Crippen LogP contribution is -2.44. The summed E-state index contributed by atoms with van der Waals surface area (Å²) >= 11 is 0. The van der Waals surface area contributed by atoms with Crippen molar-refractivity contribution in [2.24, 2.45) is 0 Å². The van der Waals surface area contributed by atoms with Crippen LogP contribution in [0.3, 0.4) is 0 Å². The summed E-state index contributed by atoms with van der Waals surface area (Å²) in [5.74, 6) is 1.35. The van der Waals surface area contributed by atoms with Gasteiger partial charge in [0.1, 0.15) is 12.4 Å². The van der Waals surface area contributed by atoms with E-state index in [-0.39, 0.29) is 24.6 Å². The van der Waals surface area contributed by atoms with E-state index in [0.717, 1.165) is 0 Å². The molecular weight excluding hydrogens is 334 g/mol. The van der Waals surface area contributed by atoms with Gasteiger partial charge in [0, 0.05) is 7.05 Å². The fourth-order valence-corrected chi connectivity index (χ4v) is 2.90. The van der Waals surface area contributed by atoms with Gasteiger partial charge in [0.25, 0.3) is 11.5 Å². The second-order valence-corrected chi connectivity index (χ2v) is 6.09. The first-order valence-electron chi connectivity index (χ1n) is 8.23. The molecule has 7 heteroatoms. The van der Waals surface area contributed by atoms with Crippen molar-refractivity contribution in [3.63, 3.8) is 0 Å². The molecule has 1 aromatic heterocycles. The van der Waals surface area contributed by atoms with Gasteiger partial charge >= 0.3 is 0 Å². The van der Waals surface area contributed by atoms with E-state index in [0.29, 0.717) is 28.2 Å². The monoisotopic (exact) mass is 351 g/mol. The summed E-state index contributed by atoms with van der Waals surface area (Å²) in [4.78, 5) is 33.4. The highest BCUT2D eigenvalue weighted by Gasteiger charge is 2.29. The molecule has 0 saturated carbocycles. The van der Waals surface area contributed by atoms with E-state index < -0.39 is 6.10 Å². The Morgan fingerprint density at radius 1 is 1.19 bits per heavy atom. The van der Waals surface area contributed by atoms with Gasteiger partial charge in [0.15, 0.2) is 11.5 Å². The second kappa shape index (κ2) is 6.51. The SMILES string of the molecule is CN(Cc1nc2ccccc2c(=O)[nH]1)C(=O)[C@H]1COc2ccccc2O1. The number of H-pyrrole nitrogens is 1. The average Bonchev–Trinajstić information content (AvgIpc) is 2.67. The highest BCUT2D eigenvalue weighted by molar-refractivity contribution is 5.82. The molecule has 1 aliphatic heterocycles. The van der Waals surface area contributed by atoms with Gasteiger partial charge in [-0.3, -0.25) is 9.59 Å². The van der Waals surface area contributed by atoms with Crippen molar-refractivity contribution in [2.75, 3.05) is 13.7 Å². The quantitative estimate of drug-likeness (QED) is 0.777. The van der Waals surface area contributed by atoms with Crippen molar-refractivity contribution < 1.29 is 14.3 Å². The number of hydrogen-bond acceptors (Lipinski definition) is 5. The van der Waals surface area contributed by atoms with E-state index in [1.807, 2.05) is 18.2 Å². The number of likely N-dealkylation sites (N-methyl/N-ethyl adjacent to an activating group) is 1. The molecule has 4 rings (SSSR count). The fraction of sp³-hybridized carbons (Fsp3) is 0.211. The van der Waals surface area contributed by atoms with Crippen molar-refractivity contribution >= 4 is 16.8 Å². The van der Waals surface area contributed by atoms with Crippen LogP contribution in [0, 0.1) is 0 Å². The van der Waals surface area contributed by atoms with Crippen molar-refractivity contribution in [1.82, 2.24) is 14.9 Å². The van der Waals surface area contributed by atoms with Crippen LogP contribution >= 0.6 is 0 Å². The Morgan fingerprint density at radius 3 is 2.77 bits per heavy atom. The van der Waals surface area contributed by atoms with Crippen LogP contribution in [0.15, 0.2) is 53.3 Å². The minimum absolute atomic E-state index is 0.141. The summed E-state index contributed by atoms with van der Waals surface area (Å²) < 4.78 is 11.3. The van der Waals surface area contributed by atoms with E-state index in [4.69, 9.17) is 9.47 Å². The smallest absolute Gasteiger partial charge is 0.267 e. The largest absolute Gasteiger partial charge is 0.485 e. The average molecular weight is 351 g/mol. The lowest BCUT2D eigenvalue weighted by atomic mass is 10.2. The Labute approximate surface area is 149 Å². The number of aromatic amines is 1. The van der Waals surface area contributed by atoms with Gasteiger partial charge in [-0.05, 0) is 24.3 Å². The highest BCUT2D eigenvalue weighted by atomic mass is 16.6. The maximum Gasteiger partial charge on any atom is 0.267 e. The van der Waals surface area contributed by atoms with Crippen LogP contribution in [0.5, 0.6) is 11.5 Å².